The smallest absolute Gasteiger partial charge is 0.419 e. The molecule has 0 fully saturated rings. The van der Waals surface area contributed by atoms with Crippen molar-refractivity contribution in [2.45, 2.75) is 25.6 Å². The van der Waals surface area contributed by atoms with Gasteiger partial charge in [0.2, 0.25) is 0 Å². The number of ether oxygens (including phenoxy) is 1. The summed E-state index contributed by atoms with van der Waals surface area (Å²) in [5, 5.41) is 9.12. The molecule has 0 bridgehead atoms. The second-order valence-electron chi connectivity index (χ2n) is 4.74. The molecule has 1 atom stereocenters. The molecule has 1 unspecified atom stereocenters. The van der Waals surface area contributed by atoms with Gasteiger partial charge < -0.3 is 14.7 Å². The number of rotatable bonds is 6. The van der Waals surface area contributed by atoms with Crippen molar-refractivity contribution in [3.63, 3.8) is 0 Å². The molecule has 4 nitrogen and oxygen atoms in total. The van der Waals surface area contributed by atoms with Crippen LogP contribution in [0.1, 0.15) is 18.9 Å². The summed E-state index contributed by atoms with van der Waals surface area (Å²) in [7, 11) is 1.50. The molecule has 21 heavy (non-hydrogen) atoms. The van der Waals surface area contributed by atoms with Gasteiger partial charge in [-0.25, -0.2) is 0 Å². The van der Waals surface area contributed by atoms with Crippen molar-refractivity contribution in [3.05, 3.63) is 29.8 Å². The first-order chi connectivity index (χ1) is 9.71. The Bertz CT molecular complexity index is 475. The van der Waals surface area contributed by atoms with E-state index in [4.69, 9.17) is 9.84 Å². The van der Waals surface area contributed by atoms with Gasteiger partial charge in [-0.15, -0.1) is 0 Å². The molecule has 1 aromatic rings. The molecular formula is C14H18F3NO3. The summed E-state index contributed by atoms with van der Waals surface area (Å²) in [6.07, 6.45) is -4.69. The lowest BCUT2D eigenvalue weighted by Crippen LogP contribution is -2.33. The second kappa shape index (κ2) is 7.31. The van der Waals surface area contributed by atoms with Gasteiger partial charge in [-0.2, -0.15) is 13.2 Å². The second-order valence-corrected chi connectivity index (χ2v) is 4.74. The van der Waals surface area contributed by atoms with Gasteiger partial charge in [0.15, 0.2) is 6.61 Å². The first-order valence-electron chi connectivity index (χ1n) is 6.43. The van der Waals surface area contributed by atoms with E-state index in [1.807, 2.05) is 0 Å². The Labute approximate surface area is 121 Å². The van der Waals surface area contributed by atoms with Gasteiger partial charge in [0.05, 0.1) is 11.7 Å². The van der Waals surface area contributed by atoms with E-state index in [0.717, 1.165) is 6.07 Å². The molecule has 7 heteroatoms. The number of carbonyl (C=O) groups is 1. The summed E-state index contributed by atoms with van der Waals surface area (Å²) in [4.78, 5) is 13.0. The average Bonchev–Trinajstić information content (AvgIpc) is 2.41. The Balaban J connectivity index is 2.61. The van der Waals surface area contributed by atoms with Crippen LogP contribution in [0, 0.1) is 0 Å². The number of amides is 1. The molecule has 0 saturated carbocycles. The maximum Gasteiger partial charge on any atom is 0.419 e. The van der Waals surface area contributed by atoms with Crippen LogP contribution < -0.4 is 4.74 Å². The number of benzene rings is 1. The molecule has 0 saturated heterocycles. The Morgan fingerprint density at radius 3 is 2.57 bits per heavy atom. The minimum Gasteiger partial charge on any atom is -0.483 e. The third-order valence-corrected chi connectivity index (χ3v) is 2.85. The molecule has 0 spiro atoms. The highest BCUT2D eigenvalue weighted by Gasteiger charge is 2.34. The van der Waals surface area contributed by atoms with Gasteiger partial charge in [0.1, 0.15) is 5.75 Å². The van der Waals surface area contributed by atoms with Crippen molar-refractivity contribution in [1.29, 1.82) is 0 Å². The van der Waals surface area contributed by atoms with E-state index in [9.17, 15) is 18.0 Å². The number of likely N-dealkylation sites (N-methyl/N-ethyl adjacent to an activating group) is 1. The molecule has 0 aromatic heterocycles. The minimum atomic E-state index is -4.53. The summed E-state index contributed by atoms with van der Waals surface area (Å²) in [5.74, 6) is -0.824. The third-order valence-electron chi connectivity index (χ3n) is 2.85. The minimum absolute atomic E-state index is 0.306. The number of para-hydroxylation sites is 1. The van der Waals surface area contributed by atoms with Gasteiger partial charge in [-0.3, -0.25) is 4.79 Å². The van der Waals surface area contributed by atoms with Crippen molar-refractivity contribution in [1.82, 2.24) is 4.90 Å². The zero-order valence-corrected chi connectivity index (χ0v) is 11.9. The van der Waals surface area contributed by atoms with Crippen LogP contribution in [0.25, 0.3) is 0 Å². The molecule has 0 heterocycles. The van der Waals surface area contributed by atoms with Crippen molar-refractivity contribution in [2.75, 3.05) is 20.2 Å². The monoisotopic (exact) mass is 305 g/mol. The topological polar surface area (TPSA) is 49.8 Å². The number of aliphatic hydroxyl groups is 1. The predicted octanol–water partition coefficient (Wildman–Crippen LogP) is 2.31. The number of aliphatic hydroxyl groups excluding tert-OH is 1. The number of hydrogen-bond acceptors (Lipinski definition) is 3. The van der Waals surface area contributed by atoms with Crippen LogP contribution in [-0.2, 0) is 11.0 Å². The summed E-state index contributed by atoms with van der Waals surface area (Å²) in [6, 6.07) is 4.74. The van der Waals surface area contributed by atoms with Gasteiger partial charge >= 0.3 is 6.18 Å². The molecule has 1 amide bonds. The maximum absolute atomic E-state index is 12.7. The molecular weight excluding hydrogens is 287 g/mol. The van der Waals surface area contributed by atoms with Gasteiger partial charge in [-0.1, -0.05) is 12.1 Å². The zero-order valence-electron chi connectivity index (χ0n) is 11.9. The number of nitrogens with zero attached hydrogens (tertiary/aromatic N) is 1. The van der Waals surface area contributed by atoms with E-state index in [-0.39, 0.29) is 5.75 Å². The molecule has 1 N–H and O–H groups in total. The largest absolute Gasteiger partial charge is 0.483 e. The van der Waals surface area contributed by atoms with Crippen molar-refractivity contribution in [2.24, 2.45) is 0 Å². The average molecular weight is 305 g/mol. The van der Waals surface area contributed by atoms with Crippen molar-refractivity contribution >= 4 is 5.91 Å². The van der Waals surface area contributed by atoms with Crippen LogP contribution in [-0.4, -0.2) is 42.2 Å². The first-order valence-corrected chi connectivity index (χ1v) is 6.43. The lowest BCUT2D eigenvalue weighted by Gasteiger charge is -2.19. The summed E-state index contributed by atoms with van der Waals surface area (Å²) in [5.41, 5.74) is -0.913. The number of halogens is 3. The van der Waals surface area contributed by atoms with Gasteiger partial charge in [-0.05, 0) is 25.5 Å². The van der Waals surface area contributed by atoms with E-state index < -0.39 is 30.4 Å². The fourth-order valence-electron chi connectivity index (χ4n) is 1.58. The van der Waals surface area contributed by atoms with Crippen molar-refractivity contribution < 1.29 is 27.8 Å². The van der Waals surface area contributed by atoms with Gasteiger partial charge in [0.25, 0.3) is 5.91 Å². The molecule has 1 aromatic carbocycles. The lowest BCUT2D eigenvalue weighted by atomic mass is 10.2. The highest BCUT2D eigenvalue weighted by molar-refractivity contribution is 5.77. The van der Waals surface area contributed by atoms with Crippen LogP contribution in [0.5, 0.6) is 5.75 Å². The normalized spacial score (nSPS) is 12.9. The lowest BCUT2D eigenvalue weighted by molar-refractivity contribution is -0.140. The molecule has 1 rings (SSSR count). The fourth-order valence-corrected chi connectivity index (χ4v) is 1.58. The highest BCUT2D eigenvalue weighted by atomic mass is 19.4. The number of alkyl halides is 3. The predicted molar refractivity (Wildman–Crippen MR) is 70.9 cm³/mol. The van der Waals surface area contributed by atoms with Crippen molar-refractivity contribution in [3.8, 4) is 5.75 Å². The fraction of sp³-hybridized carbons (Fsp3) is 0.500. The molecule has 118 valence electrons. The van der Waals surface area contributed by atoms with Crippen LogP contribution in [0.2, 0.25) is 0 Å². The summed E-state index contributed by atoms with van der Waals surface area (Å²) < 4.78 is 43.2. The van der Waals surface area contributed by atoms with Crippen LogP contribution >= 0.6 is 0 Å². The van der Waals surface area contributed by atoms with Crippen LogP contribution in [0.3, 0.4) is 0 Å². The van der Waals surface area contributed by atoms with Crippen LogP contribution in [0.4, 0.5) is 13.2 Å². The molecule has 0 aliphatic carbocycles. The Morgan fingerprint density at radius 2 is 2.00 bits per heavy atom. The molecule has 0 aliphatic rings. The summed E-state index contributed by atoms with van der Waals surface area (Å²) >= 11 is 0. The number of carbonyl (C=O) groups excluding carboxylic acids is 1. The van der Waals surface area contributed by atoms with E-state index in [1.165, 1.54) is 30.1 Å². The summed E-state index contributed by atoms with van der Waals surface area (Å²) in [6.45, 7) is 1.42. The molecule has 0 aliphatic heterocycles. The van der Waals surface area contributed by atoms with E-state index in [2.05, 4.69) is 0 Å². The Kier molecular flexibility index (Phi) is 6.02. The van der Waals surface area contributed by atoms with E-state index in [1.54, 1.807) is 6.92 Å². The maximum atomic E-state index is 12.7. The quantitative estimate of drug-likeness (QED) is 0.877. The van der Waals surface area contributed by atoms with E-state index in [0.29, 0.717) is 13.0 Å². The zero-order chi connectivity index (χ0) is 16.0. The Morgan fingerprint density at radius 1 is 1.38 bits per heavy atom. The van der Waals surface area contributed by atoms with Crippen LogP contribution in [0.15, 0.2) is 24.3 Å². The van der Waals surface area contributed by atoms with Gasteiger partial charge in [0, 0.05) is 13.6 Å². The number of hydrogen-bond donors (Lipinski definition) is 1. The van der Waals surface area contributed by atoms with E-state index >= 15 is 0 Å². The third kappa shape index (κ3) is 5.63. The highest BCUT2D eigenvalue weighted by Crippen LogP contribution is 2.35. The standard InChI is InChI=1S/C14H18F3NO3/c1-10(19)7-8-18(2)13(20)9-21-12-6-4-3-5-11(12)14(15,16)17/h3-6,10,19H,7-9H2,1-2H3. The SMILES string of the molecule is CC(O)CCN(C)C(=O)COc1ccccc1C(F)(F)F. The molecule has 0 radical (unpaired) electrons. The Hall–Kier alpha value is -1.76. The first kappa shape index (κ1) is 17.3.